The molecular weight excluding hydrogens is 222 g/mol. The van der Waals surface area contributed by atoms with E-state index in [1.807, 2.05) is 0 Å². The summed E-state index contributed by atoms with van der Waals surface area (Å²) in [4.78, 5) is 4.93. The standard InChI is InChI=1S/C15H25N3/c1-12-11-17(3)9-6-10-18(12)15-8-5-4-7-14(15)13(2)16/h4-5,7-8,12-13H,6,9-11,16H2,1-3H3/t12?,13-/m0/s1. The van der Waals surface area contributed by atoms with Crippen LogP contribution in [0.2, 0.25) is 0 Å². The van der Waals surface area contributed by atoms with Crippen molar-refractivity contribution >= 4 is 5.69 Å². The summed E-state index contributed by atoms with van der Waals surface area (Å²) in [5.41, 5.74) is 8.67. The molecule has 100 valence electrons. The molecule has 0 amide bonds. The predicted octanol–water partition coefficient (Wildman–Crippen LogP) is 2.24. The van der Waals surface area contributed by atoms with E-state index in [0.29, 0.717) is 6.04 Å². The lowest BCUT2D eigenvalue weighted by molar-refractivity contribution is 0.337. The first-order valence-corrected chi connectivity index (χ1v) is 6.89. The molecule has 2 N–H and O–H groups in total. The molecule has 1 unspecified atom stereocenters. The van der Waals surface area contributed by atoms with Gasteiger partial charge < -0.3 is 15.5 Å². The van der Waals surface area contributed by atoms with Gasteiger partial charge in [-0.15, -0.1) is 0 Å². The summed E-state index contributed by atoms with van der Waals surface area (Å²) in [5.74, 6) is 0. The smallest absolute Gasteiger partial charge is 0.0417 e. The molecule has 1 aliphatic rings. The number of nitrogens with two attached hydrogens (primary N) is 1. The molecule has 18 heavy (non-hydrogen) atoms. The van der Waals surface area contributed by atoms with E-state index in [-0.39, 0.29) is 6.04 Å². The zero-order valence-corrected chi connectivity index (χ0v) is 11.8. The average molecular weight is 247 g/mol. The lowest BCUT2D eigenvalue weighted by Gasteiger charge is -2.32. The van der Waals surface area contributed by atoms with Crippen LogP contribution in [0.1, 0.15) is 31.9 Å². The van der Waals surface area contributed by atoms with E-state index in [1.165, 1.54) is 24.2 Å². The number of anilines is 1. The van der Waals surface area contributed by atoms with Gasteiger partial charge in [0, 0.05) is 30.9 Å². The topological polar surface area (TPSA) is 32.5 Å². The van der Waals surface area contributed by atoms with Crippen molar-refractivity contribution < 1.29 is 0 Å². The number of benzene rings is 1. The van der Waals surface area contributed by atoms with Gasteiger partial charge in [0.15, 0.2) is 0 Å². The normalized spacial score (nSPS) is 23.8. The molecule has 0 spiro atoms. The highest BCUT2D eigenvalue weighted by molar-refractivity contribution is 5.55. The summed E-state index contributed by atoms with van der Waals surface area (Å²) in [6, 6.07) is 9.19. The molecule has 0 aromatic heterocycles. The summed E-state index contributed by atoms with van der Waals surface area (Å²) in [7, 11) is 2.21. The molecule has 1 heterocycles. The maximum absolute atomic E-state index is 6.10. The number of likely N-dealkylation sites (N-methyl/N-ethyl adjacent to an activating group) is 1. The van der Waals surface area contributed by atoms with E-state index in [2.05, 4.69) is 55.0 Å². The first-order valence-electron chi connectivity index (χ1n) is 6.89. The Bertz CT molecular complexity index is 389. The third kappa shape index (κ3) is 2.85. The van der Waals surface area contributed by atoms with Crippen LogP contribution in [-0.4, -0.2) is 37.6 Å². The minimum atomic E-state index is 0.0920. The van der Waals surface area contributed by atoms with Gasteiger partial charge in [0.2, 0.25) is 0 Å². The quantitative estimate of drug-likeness (QED) is 0.870. The molecule has 1 saturated heterocycles. The van der Waals surface area contributed by atoms with Crippen LogP contribution in [0.4, 0.5) is 5.69 Å². The van der Waals surface area contributed by atoms with E-state index in [0.717, 1.165) is 13.1 Å². The Labute approximate surface area is 111 Å². The Morgan fingerprint density at radius 2 is 2.00 bits per heavy atom. The van der Waals surface area contributed by atoms with Crippen molar-refractivity contribution in [2.45, 2.75) is 32.4 Å². The van der Waals surface area contributed by atoms with Crippen molar-refractivity contribution in [3.8, 4) is 0 Å². The van der Waals surface area contributed by atoms with Gasteiger partial charge in [-0.05, 0) is 45.5 Å². The van der Waals surface area contributed by atoms with Crippen molar-refractivity contribution in [3.63, 3.8) is 0 Å². The van der Waals surface area contributed by atoms with Gasteiger partial charge in [0.05, 0.1) is 0 Å². The fourth-order valence-corrected chi connectivity index (χ4v) is 2.86. The maximum Gasteiger partial charge on any atom is 0.0417 e. The highest BCUT2D eigenvalue weighted by atomic mass is 15.2. The third-order valence-corrected chi connectivity index (χ3v) is 3.78. The fraction of sp³-hybridized carbons (Fsp3) is 0.600. The molecule has 3 nitrogen and oxygen atoms in total. The third-order valence-electron chi connectivity index (χ3n) is 3.78. The molecule has 3 heteroatoms. The van der Waals surface area contributed by atoms with Gasteiger partial charge in [-0.1, -0.05) is 18.2 Å². The molecule has 1 aromatic carbocycles. The van der Waals surface area contributed by atoms with Gasteiger partial charge in [-0.2, -0.15) is 0 Å². The molecule has 1 aromatic rings. The van der Waals surface area contributed by atoms with Crippen LogP contribution in [0.25, 0.3) is 0 Å². The second-order valence-electron chi connectivity index (χ2n) is 5.51. The SMILES string of the molecule is CC1CN(C)CCCN1c1ccccc1[C@H](C)N. The zero-order chi connectivity index (χ0) is 13.1. The largest absolute Gasteiger partial charge is 0.367 e. The predicted molar refractivity (Wildman–Crippen MR) is 78.0 cm³/mol. The van der Waals surface area contributed by atoms with Crippen molar-refractivity contribution in [3.05, 3.63) is 29.8 Å². The van der Waals surface area contributed by atoms with E-state index in [4.69, 9.17) is 5.73 Å². The summed E-state index contributed by atoms with van der Waals surface area (Å²) < 4.78 is 0. The Morgan fingerprint density at radius 3 is 2.72 bits per heavy atom. The molecule has 2 atom stereocenters. The number of para-hydroxylation sites is 1. The monoisotopic (exact) mass is 247 g/mol. The Kier molecular flexibility index (Phi) is 4.25. The maximum atomic E-state index is 6.10. The van der Waals surface area contributed by atoms with E-state index >= 15 is 0 Å². The van der Waals surface area contributed by atoms with E-state index in [9.17, 15) is 0 Å². The molecule has 1 aliphatic heterocycles. The van der Waals surface area contributed by atoms with Crippen molar-refractivity contribution in [2.75, 3.05) is 31.6 Å². The number of nitrogens with zero attached hydrogens (tertiary/aromatic N) is 2. The molecule has 1 fully saturated rings. The van der Waals surface area contributed by atoms with Crippen LogP contribution in [0.3, 0.4) is 0 Å². The highest BCUT2D eigenvalue weighted by Crippen LogP contribution is 2.27. The van der Waals surface area contributed by atoms with Crippen LogP contribution < -0.4 is 10.6 Å². The minimum absolute atomic E-state index is 0.0920. The van der Waals surface area contributed by atoms with Crippen LogP contribution in [0.15, 0.2) is 24.3 Å². The number of rotatable bonds is 2. The van der Waals surface area contributed by atoms with Crippen LogP contribution in [0.5, 0.6) is 0 Å². The molecule has 0 radical (unpaired) electrons. The summed E-state index contributed by atoms with van der Waals surface area (Å²) in [6.45, 7) is 7.79. The molecule has 0 bridgehead atoms. The second kappa shape index (κ2) is 5.72. The van der Waals surface area contributed by atoms with Crippen LogP contribution in [-0.2, 0) is 0 Å². The van der Waals surface area contributed by atoms with Gasteiger partial charge >= 0.3 is 0 Å². The van der Waals surface area contributed by atoms with Gasteiger partial charge in [0.1, 0.15) is 0 Å². The average Bonchev–Trinajstić information content (AvgIpc) is 2.50. The summed E-state index contributed by atoms with van der Waals surface area (Å²) in [5, 5.41) is 0. The summed E-state index contributed by atoms with van der Waals surface area (Å²) >= 11 is 0. The van der Waals surface area contributed by atoms with Crippen molar-refractivity contribution in [2.24, 2.45) is 5.73 Å². The fourth-order valence-electron chi connectivity index (χ4n) is 2.86. The molecule has 2 rings (SSSR count). The van der Waals surface area contributed by atoms with Crippen molar-refractivity contribution in [1.82, 2.24) is 4.90 Å². The van der Waals surface area contributed by atoms with Crippen LogP contribution in [0, 0.1) is 0 Å². The number of hydrogen-bond acceptors (Lipinski definition) is 3. The Balaban J connectivity index is 2.29. The van der Waals surface area contributed by atoms with Gasteiger partial charge in [-0.25, -0.2) is 0 Å². The Morgan fingerprint density at radius 1 is 1.28 bits per heavy atom. The lowest BCUT2D eigenvalue weighted by Crippen LogP contribution is -2.38. The first-order chi connectivity index (χ1) is 8.59. The summed E-state index contributed by atoms with van der Waals surface area (Å²) in [6.07, 6.45) is 1.22. The second-order valence-corrected chi connectivity index (χ2v) is 5.51. The van der Waals surface area contributed by atoms with Crippen LogP contribution >= 0.6 is 0 Å². The lowest BCUT2D eigenvalue weighted by atomic mass is 10.0. The van der Waals surface area contributed by atoms with E-state index in [1.54, 1.807) is 0 Å². The first kappa shape index (κ1) is 13.4. The minimum Gasteiger partial charge on any atom is -0.367 e. The Hall–Kier alpha value is -1.06. The molecular formula is C15H25N3. The zero-order valence-electron chi connectivity index (χ0n) is 11.8. The van der Waals surface area contributed by atoms with Gasteiger partial charge in [0.25, 0.3) is 0 Å². The highest BCUT2D eigenvalue weighted by Gasteiger charge is 2.22. The van der Waals surface area contributed by atoms with Gasteiger partial charge in [-0.3, -0.25) is 0 Å². The number of hydrogen-bond donors (Lipinski definition) is 1. The molecule has 0 aliphatic carbocycles. The molecule has 0 saturated carbocycles. The van der Waals surface area contributed by atoms with E-state index < -0.39 is 0 Å². The van der Waals surface area contributed by atoms with Crippen molar-refractivity contribution in [1.29, 1.82) is 0 Å².